The summed E-state index contributed by atoms with van der Waals surface area (Å²) in [5, 5.41) is 6.48. The number of carbonyl (C=O) groups is 1. The minimum Gasteiger partial charge on any atom is -0.391 e. The van der Waals surface area contributed by atoms with Crippen LogP contribution in [0.25, 0.3) is 0 Å². The van der Waals surface area contributed by atoms with Gasteiger partial charge in [-0.05, 0) is 31.0 Å². The van der Waals surface area contributed by atoms with E-state index in [-0.39, 0.29) is 6.03 Å². The van der Waals surface area contributed by atoms with Crippen LogP contribution in [-0.4, -0.2) is 16.6 Å². The third kappa shape index (κ3) is 3.99. The van der Waals surface area contributed by atoms with E-state index in [1.807, 2.05) is 0 Å². The number of hydrogen-bond acceptors (Lipinski definition) is 2. The molecule has 1 fully saturated rings. The zero-order valence-corrected chi connectivity index (χ0v) is 13.7. The Morgan fingerprint density at radius 1 is 1.19 bits per heavy atom. The largest absolute Gasteiger partial charge is 0.391 e. The maximum atomic E-state index is 12.2. The van der Waals surface area contributed by atoms with Gasteiger partial charge in [-0.25, -0.2) is 4.79 Å². The van der Waals surface area contributed by atoms with Gasteiger partial charge >= 0.3 is 6.03 Å². The van der Waals surface area contributed by atoms with Gasteiger partial charge in [0.15, 0.2) is 0 Å². The van der Waals surface area contributed by atoms with Crippen LogP contribution in [0.15, 0.2) is 18.2 Å². The molecule has 0 bridgehead atoms. The molecular formula is C14H17Cl2N3OS. The van der Waals surface area contributed by atoms with Crippen LogP contribution in [0.4, 0.5) is 10.5 Å². The lowest BCUT2D eigenvalue weighted by Gasteiger charge is -2.37. The molecular weight excluding hydrogens is 329 g/mol. The van der Waals surface area contributed by atoms with Gasteiger partial charge in [0.2, 0.25) is 0 Å². The second-order valence-electron chi connectivity index (χ2n) is 5.22. The van der Waals surface area contributed by atoms with Crippen LogP contribution in [0.5, 0.6) is 0 Å². The number of rotatable bonds is 3. The summed E-state index contributed by atoms with van der Waals surface area (Å²) >= 11 is 16.9. The summed E-state index contributed by atoms with van der Waals surface area (Å²) in [4.78, 5) is 12.5. The predicted octanol–water partition coefficient (Wildman–Crippen LogP) is 4.10. The van der Waals surface area contributed by atoms with E-state index in [1.165, 1.54) is 0 Å². The molecule has 1 aliphatic rings. The Morgan fingerprint density at radius 3 is 2.43 bits per heavy atom. The number of thiocarbonyl (C=S) groups is 1. The smallest absolute Gasteiger partial charge is 0.320 e. The van der Waals surface area contributed by atoms with Crippen LogP contribution >= 0.6 is 35.4 Å². The fourth-order valence-electron chi connectivity index (χ4n) is 2.54. The molecule has 4 N–H and O–H groups in total. The van der Waals surface area contributed by atoms with Crippen molar-refractivity contribution in [2.75, 3.05) is 5.32 Å². The Balaban J connectivity index is 2.05. The van der Waals surface area contributed by atoms with Crippen LogP contribution < -0.4 is 16.4 Å². The second-order valence-corrected chi connectivity index (χ2v) is 6.47. The predicted molar refractivity (Wildman–Crippen MR) is 91.2 cm³/mol. The molecule has 0 atom stereocenters. The number of anilines is 1. The number of urea groups is 1. The molecule has 7 heteroatoms. The highest BCUT2D eigenvalue weighted by atomic mass is 35.5. The van der Waals surface area contributed by atoms with Crippen molar-refractivity contribution in [3.8, 4) is 0 Å². The van der Waals surface area contributed by atoms with Crippen molar-refractivity contribution in [1.82, 2.24) is 5.32 Å². The number of hydrogen-bond donors (Lipinski definition) is 3. The van der Waals surface area contributed by atoms with Crippen molar-refractivity contribution in [3.05, 3.63) is 28.2 Å². The summed E-state index contributed by atoms with van der Waals surface area (Å²) in [5.41, 5.74) is 5.81. The maximum absolute atomic E-state index is 12.2. The van der Waals surface area contributed by atoms with E-state index in [9.17, 15) is 4.79 Å². The molecule has 0 radical (unpaired) electrons. The summed E-state index contributed by atoms with van der Waals surface area (Å²) in [6, 6.07) is 4.56. The summed E-state index contributed by atoms with van der Waals surface area (Å²) in [7, 11) is 0. The standard InChI is InChI=1S/C14H17Cl2N3OS/c15-10-5-4-9(8-11(10)16)18-13(20)19-14(12(17)21)6-2-1-3-7-14/h4-5,8H,1-3,6-7H2,(H2,17,21)(H2,18,19,20). The molecule has 2 amide bonds. The van der Waals surface area contributed by atoms with Crippen molar-refractivity contribution >= 4 is 52.1 Å². The highest BCUT2D eigenvalue weighted by Gasteiger charge is 2.36. The first-order valence-corrected chi connectivity index (χ1v) is 7.93. The van der Waals surface area contributed by atoms with Crippen molar-refractivity contribution < 1.29 is 4.79 Å². The zero-order chi connectivity index (χ0) is 15.5. The first kappa shape index (κ1) is 16.3. The number of nitrogens with two attached hydrogens (primary N) is 1. The average Bonchev–Trinajstić information content (AvgIpc) is 2.43. The number of amides is 2. The lowest BCUT2D eigenvalue weighted by molar-refractivity contribution is 0.236. The molecule has 0 saturated heterocycles. The zero-order valence-electron chi connectivity index (χ0n) is 11.4. The molecule has 0 aromatic heterocycles. The van der Waals surface area contributed by atoms with E-state index in [2.05, 4.69) is 10.6 Å². The highest BCUT2D eigenvalue weighted by molar-refractivity contribution is 7.80. The van der Waals surface area contributed by atoms with Gasteiger partial charge in [0.1, 0.15) is 0 Å². The summed E-state index contributed by atoms with van der Waals surface area (Å²) < 4.78 is 0. The molecule has 4 nitrogen and oxygen atoms in total. The summed E-state index contributed by atoms with van der Waals surface area (Å²) in [5.74, 6) is 0. The van der Waals surface area contributed by atoms with Gasteiger partial charge in [0, 0.05) is 5.69 Å². The third-order valence-electron chi connectivity index (χ3n) is 3.71. The van der Waals surface area contributed by atoms with Gasteiger partial charge < -0.3 is 16.4 Å². The van der Waals surface area contributed by atoms with E-state index in [0.717, 1.165) is 32.1 Å². The van der Waals surface area contributed by atoms with Gasteiger partial charge in [0.05, 0.1) is 20.6 Å². The summed E-state index contributed by atoms with van der Waals surface area (Å²) in [6.45, 7) is 0. The molecule has 0 unspecified atom stereocenters. The number of carbonyl (C=O) groups excluding carboxylic acids is 1. The highest BCUT2D eigenvalue weighted by Crippen LogP contribution is 2.29. The molecule has 114 valence electrons. The Kier molecular flexibility index (Phi) is 5.30. The minimum absolute atomic E-state index is 0.339. The van der Waals surface area contributed by atoms with Gasteiger partial charge in [-0.15, -0.1) is 0 Å². The average molecular weight is 346 g/mol. The Bertz CT molecular complexity index is 559. The number of nitrogens with one attached hydrogen (secondary N) is 2. The topological polar surface area (TPSA) is 67.1 Å². The van der Waals surface area contributed by atoms with Gasteiger partial charge in [-0.2, -0.15) is 0 Å². The Labute approximate surface area is 139 Å². The molecule has 0 aliphatic heterocycles. The van der Waals surface area contributed by atoms with E-state index in [4.69, 9.17) is 41.2 Å². The monoisotopic (exact) mass is 345 g/mol. The lowest BCUT2D eigenvalue weighted by atomic mass is 9.81. The van der Waals surface area contributed by atoms with E-state index in [1.54, 1.807) is 18.2 Å². The molecule has 0 spiro atoms. The van der Waals surface area contributed by atoms with Crippen LogP contribution in [-0.2, 0) is 0 Å². The Hall–Kier alpha value is -1.04. The maximum Gasteiger partial charge on any atom is 0.320 e. The SMILES string of the molecule is NC(=S)C1(NC(=O)Nc2ccc(Cl)c(Cl)c2)CCCCC1. The van der Waals surface area contributed by atoms with Crippen LogP contribution in [0.3, 0.4) is 0 Å². The van der Waals surface area contributed by atoms with E-state index < -0.39 is 5.54 Å². The first-order chi connectivity index (χ1) is 9.93. The molecule has 0 heterocycles. The molecule has 1 saturated carbocycles. The van der Waals surface area contributed by atoms with Gasteiger partial charge in [-0.1, -0.05) is 54.7 Å². The lowest BCUT2D eigenvalue weighted by Crippen LogP contribution is -2.58. The van der Waals surface area contributed by atoms with Gasteiger partial charge in [-0.3, -0.25) is 0 Å². The third-order valence-corrected chi connectivity index (χ3v) is 4.84. The van der Waals surface area contributed by atoms with Crippen molar-refractivity contribution in [2.24, 2.45) is 5.73 Å². The number of benzene rings is 1. The molecule has 1 aromatic rings. The van der Waals surface area contributed by atoms with Gasteiger partial charge in [0.25, 0.3) is 0 Å². The molecule has 1 aromatic carbocycles. The minimum atomic E-state index is -0.589. The molecule has 21 heavy (non-hydrogen) atoms. The van der Waals surface area contributed by atoms with Crippen LogP contribution in [0, 0.1) is 0 Å². The fourth-order valence-corrected chi connectivity index (χ4v) is 3.10. The number of halogens is 2. The summed E-state index contributed by atoms with van der Waals surface area (Å²) in [6.07, 6.45) is 4.70. The van der Waals surface area contributed by atoms with Crippen LogP contribution in [0.2, 0.25) is 10.0 Å². The molecule has 1 aliphatic carbocycles. The van der Waals surface area contributed by atoms with E-state index >= 15 is 0 Å². The first-order valence-electron chi connectivity index (χ1n) is 6.77. The quantitative estimate of drug-likeness (QED) is 0.722. The second kappa shape index (κ2) is 6.81. The van der Waals surface area contributed by atoms with Crippen molar-refractivity contribution in [2.45, 2.75) is 37.6 Å². The van der Waals surface area contributed by atoms with Crippen molar-refractivity contribution in [1.29, 1.82) is 0 Å². The Morgan fingerprint density at radius 2 is 1.86 bits per heavy atom. The van der Waals surface area contributed by atoms with Crippen LogP contribution in [0.1, 0.15) is 32.1 Å². The molecule has 2 rings (SSSR count). The fraction of sp³-hybridized carbons (Fsp3) is 0.429. The van der Waals surface area contributed by atoms with E-state index in [0.29, 0.717) is 20.7 Å². The van der Waals surface area contributed by atoms with Crippen molar-refractivity contribution in [3.63, 3.8) is 0 Å². The normalized spacial score (nSPS) is 17.0.